The zero-order chi connectivity index (χ0) is 72.4. The lowest BCUT2D eigenvalue weighted by Crippen LogP contribution is -2.65. The van der Waals surface area contributed by atoms with Gasteiger partial charge in [0.15, 0.2) is 87.7 Å². The fraction of sp³-hybridized carbons (Fsp3) is 0.380. The summed E-state index contributed by atoms with van der Waals surface area (Å²) in [5, 5.41) is 12.2. The number of benzene rings is 6. The van der Waals surface area contributed by atoms with Crippen LogP contribution in [0.4, 0.5) is 0 Å². The summed E-state index contributed by atoms with van der Waals surface area (Å²) >= 11 is 0. The monoisotopic (exact) mass is 1400 g/mol. The molecule has 30 heteroatoms. The van der Waals surface area contributed by atoms with E-state index in [-0.39, 0.29) is 137 Å². The Balaban J connectivity index is 1.19. The Hall–Kier alpha value is -11.6. The number of aliphatic hydroxyl groups is 1. The van der Waals surface area contributed by atoms with Crippen molar-refractivity contribution < 1.29 is 143 Å². The molecular formula is C71H70O30. The highest BCUT2D eigenvalue weighted by Gasteiger charge is 2.76. The Labute approximate surface area is 576 Å². The molecular weight excluding hydrogens is 1330 g/mol. The molecule has 0 amide bonds. The number of cyclic esters (lactones) is 2. The first-order chi connectivity index (χ1) is 48.8. The molecule has 30 nitrogen and oxygen atoms in total. The molecule has 6 aromatic rings. The number of hydrogen-bond acceptors (Lipinski definition) is 30. The third-order valence-electron chi connectivity index (χ3n) is 18.6. The highest BCUT2D eigenvalue weighted by atomic mass is 16.7. The quantitative estimate of drug-likeness (QED) is 0.0589. The van der Waals surface area contributed by atoms with Crippen LogP contribution in [0.2, 0.25) is 0 Å². The molecule has 534 valence electrons. The van der Waals surface area contributed by atoms with Crippen molar-refractivity contribution in [1.82, 2.24) is 0 Å². The molecule has 2 unspecified atom stereocenters. The third kappa shape index (κ3) is 10.6. The second kappa shape index (κ2) is 27.3. The summed E-state index contributed by atoms with van der Waals surface area (Å²) in [4.78, 5) is 96.9. The van der Waals surface area contributed by atoms with Crippen LogP contribution in [0.1, 0.15) is 75.7 Å². The first-order valence-electron chi connectivity index (χ1n) is 30.9. The highest BCUT2D eigenvalue weighted by Crippen LogP contribution is 2.68. The number of Topliss-reactive ketones (excluding diaryl/α,β-unsaturated/α-hetero) is 1. The summed E-state index contributed by atoms with van der Waals surface area (Å²) < 4.78 is 141. The first-order valence-corrected chi connectivity index (χ1v) is 30.9. The number of hydrogen-bond donors (Lipinski definition) is 1. The summed E-state index contributed by atoms with van der Waals surface area (Å²) in [6.45, 7) is -1.15. The molecule has 6 aliphatic heterocycles. The zero-order valence-electron chi connectivity index (χ0n) is 57.5. The minimum absolute atomic E-state index is 0.0375. The van der Waals surface area contributed by atoms with Gasteiger partial charge in [-0.25, -0.2) is 19.2 Å². The average molecular weight is 1400 g/mol. The number of aliphatic hydroxyl groups excluding tert-OH is 1. The second-order valence-electron chi connectivity index (χ2n) is 23.1. The van der Waals surface area contributed by atoms with Crippen LogP contribution in [0.15, 0.2) is 60.4 Å². The molecule has 0 saturated carbocycles. The van der Waals surface area contributed by atoms with Crippen molar-refractivity contribution in [2.24, 2.45) is 5.92 Å². The van der Waals surface area contributed by atoms with Crippen molar-refractivity contribution in [1.29, 1.82) is 0 Å². The second-order valence-corrected chi connectivity index (χ2v) is 23.1. The summed E-state index contributed by atoms with van der Waals surface area (Å²) in [5.41, 5.74) is -5.00. The van der Waals surface area contributed by atoms with Crippen molar-refractivity contribution in [3.63, 3.8) is 0 Å². The van der Waals surface area contributed by atoms with Crippen LogP contribution >= 0.6 is 0 Å². The molecule has 13 rings (SSSR count). The normalized spacial score (nSPS) is 22.0. The van der Waals surface area contributed by atoms with Gasteiger partial charge in [-0.3, -0.25) is 9.59 Å². The first kappa shape index (κ1) is 69.3. The molecule has 6 heterocycles. The molecule has 0 radical (unpaired) electrons. The predicted octanol–water partition coefficient (Wildman–Crippen LogP) is 7.08. The molecule has 1 spiro atoms. The van der Waals surface area contributed by atoms with E-state index in [1.807, 2.05) is 0 Å². The Morgan fingerprint density at radius 2 is 0.950 bits per heavy atom. The van der Waals surface area contributed by atoms with E-state index in [2.05, 4.69) is 0 Å². The summed E-state index contributed by atoms with van der Waals surface area (Å²) in [5.74, 6) is -13.0. The fourth-order valence-electron chi connectivity index (χ4n) is 14.4. The number of ether oxygens (including phenoxy) is 23. The number of esters is 5. The van der Waals surface area contributed by atoms with Crippen LogP contribution in [-0.4, -0.2) is 197 Å². The van der Waals surface area contributed by atoms with E-state index in [9.17, 15) is 5.11 Å². The van der Waals surface area contributed by atoms with E-state index in [0.717, 1.165) is 7.11 Å². The fourth-order valence-corrected chi connectivity index (χ4v) is 14.4. The van der Waals surface area contributed by atoms with Crippen molar-refractivity contribution in [2.45, 2.75) is 54.6 Å². The lowest BCUT2D eigenvalue weighted by molar-refractivity contribution is -0.200. The lowest BCUT2D eigenvalue weighted by atomic mass is 9.66. The van der Waals surface area contributed by atoms with E-state index in [0.29, 0.717) is 11.3 Å². The van der Waals surface area contributed by atoms with E-state index >= 15 is 28.8 Å². The van der Waals surface area contributed by atoms with Gasteiger partial charge in [-0.05, 0) is 48.0 Å². The number of carbonyl (C=O) groups is 6. The molecule has 1 fully saturated rings. The summed E-state index contributed by atoms with van der Waals surface area (Å²) in [7, 11) is 20.6. The van der Waals surface area contributed by atoms with Gasteiger partial charge in [0.1, 0.15) is 35.9 Å². The number of fused-ring (bicyclic) bond motifs is 9. The van der Waals surface area contributed by atoms with Gasteiger partial charge in [-0.2, -0.15) is 0 Å². The maximum Gasteiger partial charge on any atom is 0.339 e. The van der Waals surface area contributed by atoms with Gasteiger partial charge in [0.2, 0.25) is 34.4 Å². The van der Waals surface area contributed by atoms with E-state index in [1.54, 1.807) is 18.2 Å². The number of rotatable bonds is 20. The maximum atomic E-state index is 16.6. The minimum atomic E-state index is -2.63. The number of carbonyl (C=O) groups excluding carboxylic acids is 6. The maximum absolute atomic E-state index is 16.6. The smallest absolute Gasteiger partial charge is 0.339 e. The van der Waals surface area contributed by atoms with Gasteiger partial charge in [-0.1, -0.05) is 6.07 Å². The predicted molar refractivity (Wildman–Crippen MR) is 345 cm³/mol. The van der Waals surface area contributed by atoms with Crippen molar-refractivity contribution in [2.75, 3.05) is 120 Å². The highest BCUT2D eigenvalue weighted by molar-refractivity contribution is 6.21. The molecule has 0 aromatic heterocycles. The van der Waals surface area contributed by atoms with Crippen LogP contribution in [-0.2, 0) is 44.4 Å². The Bertz CT molecular complexity index is 4410. The average Bonchev–Trinajstić information content (AvgIpc) is 1.50. The van der Waals surface area contributed by atoms with Crippen LogP contribution in [0.5, 0.6) is 97.7 Å². The molecule has 4 bridgehead atoms. The van der Waals surface area contributed by atoms with Gasteiger partial charge in [-0.15, -0.1) is 0 Å². The topological polar surface area (TPSA) is 335 Å². The molecule has 9 atom stereocenters. The molecule has 1 aliphatic carbocycles. The van der Waals surface area contributed by atoms with Gasteiger partial charge in [0, 0.05) is 45.9 Å². The van der Waals surface area contributed by atoms with Crippen LogP contribution in [0.25, 0.3) is 16.7 Å². The van der Waals surface area contributed by atoms with Crippen molar-refractivity contribution in [3.05, 3.63) is 105 Å². The van der Waals surface area contributed by atoms with E-state index in [4.69, 9.17) is 109 Å². The minimum Gasteiger partial charge on any atom is -0.496 e. The van der Waals surface area contributed by atoms with Crippen LogP contribution < -0.4 is 80.5 Å². The van der Waals surface area contributed by atoms with Crippen LogP contribution in [0, 0.1) is 5.92 Å². The van der Waals surface area contributed by atoms with Crippen LogP contribution in [0.3, 0.4) is 0 Å². The van der Waals surface area contributed by atoms with Gasteiger partial charge in [0.05, 0.1) is 148 Å². The van der Waals surface area contributed by atoms with E-state index < -0.39 is 119 Å². The molecule has 6 aromatic carbocycles. The molecule has 101 heavy (non-hydrogen) atoms. The summed E-state index contributed by atoms with van der Waals surface area (Å²) in [6, 6.07) is 12.3. The SMILES string of the molecule is COC1=C2c3c(cc(OC)c(OC)c3OC)C(=O)O[C@@H]([C@H]3OC(=O)c4cc(OC)c(OC)c(OC)c4-c4c(cc(OC)c(OC)c4OC)C(=O)OC[C@@H]3OC(=O)c3cc(OC)c(OC)c(OC)c3)[C@H]3OC(=O)C2C2(Oc4cc(OC)c5c(c4[C@H]32)O[C@H](c2ccc(OC)c(OC)c2)[C@H](O)C5)C1=O. The lowest BCUT2D eigenvalue weighted by Gasteiger charge is -2.47. The summed E-state index contributed by atoms with van der Waals surface area (Å²) in [6.07, 6.45) is -12.2. The van der Waals surface area contributed by atoms with Gasteiger partial charge < -0.3 is 114 Å². The zero-order valence-corrected chi connectivity index (χ0v) is 57.5. The van der Waals surface area contributed by atoms with Crippen molar-refractivity contribution in [3.8, 4) is 109 Å². The number of ketones is 1. The molecule has 1 N–H and O–H groups in total. The van der Waals surface area contributed by atoms with Gasteiger partial charge in [0.25, 0.3) is 0 Å². The number of methoxy groups -OCH3 is 16. The Morgan fingerprint density at radius 3 is 1.46 bits per heavy atom. The largest absolute Gasteiger partial charge is 0.496 e. The van der Waals surface area contributed by atoms with E-state index in [1.165, 1.54) is 143 Å². The Morgan fingerprint density at radius 1 is 0.465 bits per heavy atom. The molecule has 1 saturated heterocycles. The van der Waals surface area contributed by atoms with Crippen molar-refractivity contribution >= 4 is 41.2 Å². The molecule has 7 aliphatic rings. The third-order valence-corrected chi connectivity index (χ3v) is 18.6. The Kier molecular flexibility index (Phi) is 18.7. The standard InChI is InChI=1S/C71H70O30/c1-79-35-18-17-28(19-37(35)81-3)52-34(72)22-30-36(80-2)26-38-48(53(30)97-52)50-63-64(100-69(77)33-25-43(86-8)57(90-12)61(93-15)47(33)49-51(70(78)99-63)71(50,101-38)65(73)62(49)94-16)58-44(96-66(74)29-20-39(82-4)54(87-9)40(21-29)83-5)27-95-67(75)31-23-41(84-6)55(88-10)59(91-13)45(31)46-32(68(76)98-58)24-42(85-7)56(89-11)60(46)92-14/h17-21,23-26,34,44,50-52,58,63-64,72H,22,27H2,1-16H3/t34-,44+,50-,51?,52-,58+,63+,64+,71?/m1/s1. The van der Waals surface area contributed by atoms with Gasteiger partial charge >= 0.3 is 29.8 Å².